The molecular weight excluding hydrogens is 586 g/mol. The lowest BCUT2D eigenvalue weighted by molar-refractivity contribution is -0.146. The molecule has 0 spiro atoms. The van der Waals surface area contributed by atoms with Crippen LogP contribution in [-0.4, -0.2) is 64.7 Å². The van der Waals surface area contributed by atoms with Crippen LogP contribution in [0.5, 0.6) is 5.75 Å². The molecule has 3 atom stereocenters. The average molecular weight is 640 g/mol. The van der Waals surface area contributed by atoms with Gasteiger partial charge in [-0.05, 0) is 102 Å². The molecular formula is C36H53N3O7. The summed E-state index contributed by atoms with van der Waals surface area (Å²) in [6.07, 6.45) is 0.730. The third-order valence-corrected chi connectivity index (χ3v) is 7.53. The van der Waals surface area contributed by atoms with Crippen LogP contribution in [0.15, 0.2) is 42.5 Å². The number of rotatable bonds is 15. The van der Waals surface area contributed by atoms with E-state index in [-0.39, 0.29) is 31.7 Å². The highest BCUT2D eigenvalue weighted by Gasteiger charge is 2.40. The smallest absolute Gasteiger partial charge is 0.408 e. The monoisotopic (exact) mass is 639 g/mol. The summed E-state index contributed by atoms with van der Waals surface area (Å²) in [5.41, 5.74) is 2.23. The van der Waals surface area contributed by atoms with Crippen LogP contribution in [-0.2, 0) is 30.3 Å². The number of amides is 3. The van der Waals surface area contributed by atoms with Crippen LogP contribution >= 0.6 is 0 Å². The zero-order valence-corrected chi connectivity index (χ0v) is 28.9. The number of ether oxygens (including phenoxy) is 2. The molecule has 10 nitrogen and oxygen atoms in total. The normalized spacial score (nSPS) is 13.3. The molecule has 0 aliphatic rings. The summed E-state index contributed by atoms with van der Waals surface area (Å²) in [6.45, 7) is 17.1. The van der Waals surface area contributed by atoms with Crippen LogP contribution in [0.1, 0.15) is 96.0 Å². The average Bonchev–Trinajstić information content (AvgIpc) is 2.95. The van der Waals surface area contributed by atoms with E-state index >= 15 is 0 Å². The van der Waals surface area contributed by atoms with Gasteiger partial charge >= 0.3 is 12.1 Å². The van der Waals surface area contributed by atoms with Gasteiger partial charge in [0.25, 0.3) is 0 Å². The summed E-state index contributed by atoms with van der Waals surface area (Å²) in [7, 11) is 0. The van der Waals surface area contributed by atoms with E-state index in [0.717, 1.165) is 17.5 Å². The minimum atomic E-state index is -1.10. The van der Waals surface area contributed by atoms with Gasteiger partial charge in [0.05, 0.1) is 13.0 Å². The number of nitrogens with zero attached hydrogens (tertiary/aromatic N) is 1. The fourth-order valence-electron chi connectivity index (χ4n) is 5.28. The molecule has 2 aromatic carbocycles. The van der Waals surface area contributed by atoms with Crippen molar-refractivity contribution in [2.45, 2.75) is 112 Å². The fourth-order valence-corrected chi connectivity index (χ4v) is 5.28. The Morgan fingerprint density at radius 3 is 2.09 bits per heavy atom. The number of alkyl carbamates (subject to hydrolysis) is 1. The number of hydrogen-bond donors (Lipinski definition) is 3. The Labute approximate surface area is 274 Å². The highest BCUT2D eigenvalue weighted by molar-refractivity contribution is 5.93. The van der Waals surface area contributed by atoms with Crippen molar-refractivity contribution in [2.75, 3.05) is 13.2 Å². The largest absolute Gasteiger partial charge is 0.508 e. The molecule has 0 aliphatic heterocycles. The Morgan fingerprint density at radius 1 is 0.935 bits per heavy atom. The number of phenols is 1. The molecule has 46 heavy (non-hydrogen) atoms. The van der Waals surface area contributed by atoms with E-state index in [9.17, 15) is 24.3 Å². The van der Waals surface area contributed by atoms with Gasteiger partial charge in [0, 0.05) is 19.0 Å². The molecule has 3 unspecified atom stereocenters. The minimum Gasteiger partial charge on any atom is -0.508 e. The molecule has 3 N–H and O–H groups in total. The topological polar surface area (TPSA) is 134 Å². The molecule has 0 radical (unpaired) electrons. The summed E-state index contributed by atoms with van der Waals surface area (Å²) in [5.74, 6) is -0.898. The molecule has 0 aliphatic carbocycles. The molecule has 2 aromatic rings. The van der Waals surface area contributed by atoms with E-state index in [1.165, 1.54) is 12.1 Å². The van der Waals surface area contributed by atoms with E-state index < -0.39 is 47.6 Å². The van der Waals surface area contributed by atoms with Gasteiger partial charge in [-0.25, -0.2) is 4.79 Å². The lowest BCUT2D eigenvalue weighted by Crippen LogP contribution is -2.56. The number of benzene rings is 2. The zero-order chi connectivity index (χ0) is 34.6. The van der Waals surface area contributed by atoms with E-state index in [1.54, 1.807) is 44.7 Å². The van der Waals surface area contributed by atoms with E-state index in [2.05, 4.69) is 24.5 Å². The maximum atomic E-state index is 14.9. The number of esters is 1. The summed E-state index contributed by atoms with van der Waals surface area (Å²) in [5, 5.41) is 15.5. The quantitative estimate of drug-likeness (QED) is 0.206. The van der Waals surface area contributed by atoms with E-state index in [4.69, 9.17) is 9.47 Å². The number of phenolic OH excluding ortho intramolecular Hbond substituents is 1. The van der Waals surface area contributed by atoms with Crippen LogP contribution in [0.2, 0.25) is 0 Å². The predicted molar refractivity (Wildman–Crippen MR) is 178 cm³/mol. The van der Waals surface area contributed by atoms with Gasteiger partial charge in [-0.2, -0.15) is 0 Å². The SMILES string of the molecule is CCOC(=O)CCNC(=O)C(c1c(C)cccc1C)N(C(=O)C(Cc1ccc(O)cc1)NC(=O)OC(C)(C)C)C(C)CCC(C)C. The van der Waals surface area contributed by atoms with Crippen molar-refractivity contribution >= 4 is 23.9 Å². The highest BCUT2D eigenvalue weighted by atomic mass is 16.6. The van der Waals surface area contributed by atoms with Gasteiger partial charge in [0.2, 0.25) is 11.8 Å². The van der Waals surface area contributed by atoms with E-state index in [0.29, 0.717) is 23.5 Å². The van der Waals surface area contributed by atoms with Crippen LogP contribution in [0.4, 0.5) is 4.79 Å². The second-order valence-corrected chi connectivity index (χ2v) is 13.2. The summed E-state index contributed by atoms with van der Waals surface area (Å²) in [6, 6.07) is 9.54. The van der Waals surface area contributed by atoms with Gasteiger partial charge in [-0.3, -0.25) is 14.4 Å². The maximum Gasteiger partial charge on any atom is 0.408 e. The standard InChI is InChI=1S/C36H53N3O7/c1-10-45-30(41)20-21-37-33(42)32(31-24(4)12-11-13-25(31)5)39(26(6)15-14-23(2)3)34(43)29(38-35(44)46-36(7,8)9)22-27-16-18-28(40)19-17-27/h11-13,16-19,23,26,29,32,40H,10,14-15,20-22H2,1-9H3,(H,37,42)(H,38,44). The molecule has 0 heterocycles. The first-order valence-corrected chi connectivity index (χ1v) is 16.1. The third kappa shape index (κ3) is 12.0. The third-order valence-electron chi connectivity index (χ3n) is 7.53. The van der Waals surface area contributed by atoms with Gasteiger partial charge in [0.1, 0.15) is 23.4 Å². The number of aromatic hydroxyl groups is 1. The van der Waals surface area contributed by atoms with Crippen molar-refractivity contribution in [3.05, 3.63) is 64.7 Å². The van der Waals surface area contributed by atoms with Crippen molar-refractivity contribution in [1.82, 2.24) is 15.5 Å². The minimum absolute atomic E-state index is 0.0143. The highest BCUT2D eigenvalue weighted by Crippen LogP contribution is 2.32. The van der Waals surface area contributed by atoms with Crippen molar-refractivity contribution < 1.29 is 33.8 Å². The number of nitrogens with one attached hydrogen (secondary N) is 2. The van der Waals surface area contributed by atoms with Crippen molar-refractivity contribution in [1.29, 1.82) is 0 Å². The number of hydrogen-bond acceptors (Lipinski definition) is 7. The zero-order valence-electron chi connectivity index (χ0n) is 28.9. The Balaban J connectivity index is 2.68. The predicted octanol–water partition coefficient (Wildman–Crippen LogP) is 5.91. The summed E-state index contributed by atoms with van der Waals surface area (Å²) in [4.78, 5) is 55.8. The molecule has 0 saturated heterocycles. The van der Waals surface area contributed by atoms with Crippen LogP contribution < -0.4 is 10.6 Å². The van der Waals surface area contributed by atoms with Crippen molar-refractivity contribution in [2.24, 2.45) is 5.92 Å². The molecule has 2 rings (SSSR count). The Bertz CT molecular complexity index is 1300. The van der Waals surface area contributed by atoms with Gasteiger partial charge in [0.15, 0.2) is 0 Å². The molecule has 10 heteroatoms. The Hall–Kier alpha value is -4.08. The van der Waals surface area contributed by atoms with Gasteiger partial charge in [-0.15, -0.1) is 0 Å². The summed E-state index contributed by atoms with van der Waals surface area (Å²) >= 11 is 0. The molecule has 254 valence electrons. The number of aryl methyl sites for hydroxylation is 2. The lowest BCUT2D eigenvalue weighted by Gasteiger charge is -2.40. The fraction of sp³-hybridized carbons (Fsp3) is 0.556. The second-order valence-electron chi connectivity index (χ2n) is 13.2. The lowest BCUT2D eigenvalue weighted by atomic mass is 9.91. The van der Waals surface area contributed by atoms with Crippen molar-refractivity contribution in [3.63, 3.8) is 0 Å². The van der Waals surface area contributed by atoms with Gasteiger partial charge < -0.3 is 30.1 Å². The first-order valence-electron chi connectivity index (χ1n) is 16.1. The molecule has 0 bridgehead atoms. The van der Waals surface area contributed by atoms with Crippen molar-refractivity contribution in [3.8, 4) is 5.75 Å². The number of carbonyl (C=O) groups excluding carboxylic acids is 4. The van der Waals surface area contributed by atoms with Gasteiger partial charge in [-0.1, -0.05) is 44.2 Å². The molecule has 3 amide bonds. The summed E-state index contributed by atoms with van der Waals surface area (Å²) < 4.78 is 10.6. The number of carbonyl (C=O) groups is 4. The van der Waals surface area contributed by atoms with E-state index in [1.807, 2.05) is 39.0 Å². The first-order chi connectivity index (χ1) is 21.5. The first kappa shape index (κ1) is 38.1. The molecule has 0 aromatic heterocycles. The molecule has 0 fully saturated rings. The second kappa shape index (κ2) is 17.6. The van der Waals surface area contributed by atoms with Crippen LogP contribution in [0, 0.1) is 19.8 Å². The van der Waals surface area contributed by atoms with Crippen LogP contribution in [0.3, 0.4) is 0 Å². The molecule has 0 saturated carbocycles. The maximum absolute atomic E-state index is 14.9. The Morgan fingerprint density at radius 2 is 1.54 bits per heavy atom. The Kier molecular flexibility index (Phi) is 14.6. The van der Waals surface area contributed by atoms with Crippen LogP contribution in [0.25, 0.3) is 0 Å².